The van der Waals surface area contributed by atoms with Crippen molar-refractivity contribution in [3.63, 3.8) is 0 Å². The highest BCUT2D eigenvalue weighted by Gasteiger charge is 2.24. The van der Waals surface area contributed by atoms with E-state index in [0.29, 0.717) is 17.0 Å². The number of nitrogens with one attached hydrogen (secondary N) is 1. The molecule has 0 saturated heterocycles. The Labute approximate surface area is 107 Å². The molecule has 0 spiro atoms. The molecule has 0 aliphatic carbocycles. The van der Waals surface area contributed by atoms with Crippen LogP contribution in [0.5, 0.6) is 0 Å². The number of carbonyl (C=O) groups excluding carboxylic acids is 1. The Bertz CT molecular complexity index is 414. The first kappa shape index (κ1) is 14.0. The fourth-order valence-corrected chi connectivity index (χ4v) is 1.69. The Morgan fingerprint density at radius 1 is 1.53 bits per heavy atom. The zero-order chi connectivity index (χ0) is 13.1. The Balaban J connectivity index is 2.90. The van der Waals surface area contributed by atoms with Gasteiger partial charge in [-0.3, -0.25) is 4.79 Å². The van der Waals surface area contributed by atoms with E-state index in [1.54, 1.807) is 18.2 Å². The summed E-state index contributed by atoms with van der Waals surface area (Å²) in [6.45, 7) is 5.49. The lowest BCUT2D eigenvalue weighted by atomic mass is 9.99. The van der Waals surface area contributed by atoms with Crippen LogP contribution in [0.25, 0.3) is 0 Å². The van der Waals surface area contributed by atoms with E-state index in [4.69, 9.17) is 11.6 Å². The summed E-state index contributed by atoms with van der Waals surface area (Å²) >= 11 is 5.84. The van der Waals surface area contributed by atoms with Gasteiger partial charge in [0.1, 0.15) is 0 Å². The van der Waals surface area contributed by atoms with Crippen molar-refractivity contribution in [2.45, 2.75) is 32.7 Å². The molecule has 0 saturated carbocycles. The lowest BCUT2D eigenvalue weighted by Crippen LogP contribution is -2.48. The lowest BCUT2D eigenvalue weighted by molar-refractivity contribution is 0.0847. The van der Waals surface area contributed by atoms with Crippen LogP contribution in [-0.2, 0) is 0 Å². The first-order valence-corrected chi connectivity index (χ1v) is 5.99. The molecule has 0 aliphatic heterocycles. The molecule has 0 fully saturated rings. The monoisotopic (exact) mass is 255 g/mol. The van der Waals surface area contributed by atoms with E-state index in [2.05, 4.69) is 5.32 Å². The third-order valence-corrected chi connectivity index (χ3v) is 3.21. The van der Waals surface area contributed by atoms with Gasteiger partial charge in [-0.05, 0) is 44.0 Å². The first-order valence-electron chi connectivity index (χ1n) is 5.61. The summed E-state index contributed by atoms with van der Waals surface area (Å²) < 4.78 is 0. The summed E-state index contributed by atoms with van der Waals surface area (Å²) in [7, 11) is 0. The van der Waals surface area contributed by atoms with Crippen LogP contribution in [0, 0.1) is 6.92 Å². The number of aliphatic hydroxyl groups is 1. The van der Waals surface area contributed by atoms with Gasteiger partial charge in [0.05, 0.1) is 12.1 Å². The number of rotatable bonds is 4. The van der Waals surface area contributed by atoms with Gasteiger partial charge in [-0.15, -0.1) is 0 Å². The van der Waals surface area contributed by atoms with Gasteiger partial charge in [-0.2, -0.15) is 0 Å². The Hall–Kier alpha value is -1.06. The maximum Gasteiger partial charge on any atom is 0.252 e. The molecule has 4 heteroatoms. The molecule has 0 radical (unpaired) electrons. The molecule has 1 aromatic rings. The van der Waals surface area contributed by atoms with Gasteiger partial charge in [-0.1, -0.05) is 18.5 Å². The quantitative estimate of drug-likeness (QED) is 0.869. The number of hydrogen-bond acceptors (Lipinski definition) is 2. The standard InChI is InChI=1S/C13H18ClNO2/c1-4-13(3,8-16)15-12(17)11-6-5-10(14)7-9(11)2/h5-7,16H,4,8H2,1-3H3,(H,15,17)/t13-/m0/s1. The number of halogens is 1. The van der Waals surface area contributed by atoms with E-state index in [9.17, 15) is 9.90 Å². The van der Waals surface area contributed by atoms with Crippen LogP contribution in [0.1, 0.15) is 36.2 Å². The minimum Gasteiger partial charge on any atom is -0.394 e. The van der Waals surface area contributed by atoms with Gasteiger partial charge in [0.2, 0.25) is 0 Å². The molecule has 0 unspecified atom stereocenters. The molecule has 0 aromatic heterocycles. The minimum atomic E-state index is -0.580. The van der Waals surface area contributed by atoms with Crippen molar-refractivity contribution < 1.29 is 9.90 Å². The topological polar surface area (TPSA) is 49.3 Å². The van der Waals surface area contributed by atoms with E-state index >= 15 is 0 Å². The predicted molar refractivity (Wildman–Crippen MR) is 69.4 cm³/mol. The maximum absolute atomic E-state index is 12.0. The molecular weight excluding hydrogens is 238 g/mol. The van der Waals surface area contributed by atoms with Crippen LogP contribution in [0.2, 0.25) is 5.02 Å². The normalized spacial score (nSPS) is 14.2. The lowest BCUT2D eigenvalue weighted by Gasteiger charge is -2.27. The second kappa shape index (κ2) is 5.52. The van der Waals surface area contributed by atoms with Crippen molar-refractivity contribution in [1.29, 1.82) is 0 Å². The molecule has 2 N–H and O–H groups in total. The molecule has 1 amide bonds. The Kier molecular flexibility index (Phi) is 4.54. The first-order chi connectivity index (χ1) is 7.91. The van der Waals surface area contributed by atoms with Gasteiger partial charge in [0.25, 0.3) is 5.91 Å². The highest BCUT2D eigenvalue weighted by atomic mass is 35.5. The summed E-state index contributed by atoms with van der Waals surface area (Å²) in [6, 6.07) is 5.13. The van der Waals surface area contributed by atoms with Crippen molar-refractivity contribution in [2.75, 3.05) is 6.61 Å². The summed E-state index contributed by atoms with van der Waals surface area (Å²) in [5.74, 6) is -0.183. The molecule has 3 nitrogen and oxygen atoms in total. The smallest absolute Gasteiger partial charge is 0.252 e. The third-order valence-electron chi connectivity index (χ3n) is 2.98. The highest BCUT2D eigenvalue weighted by molar-refractivity contribution is 6.30. The van der Waals surface area contributed by atoms with Gasteiger partial charge < -0.3 is 10.4 Å². The zero-order valence-electron chi connectivity index (χ0n) is 10.4. The van der Waals surface area contributed by atoms with Crippen LogP contribution in [0.15, 0.2) is 18.2 Å². The van der Waals surface area contributed by atoms with Gasteiger partial charge in [0, 0.05) is 10.6 Å². The molecule has 94 valence electrons. The second-order valence-electron chi connectivity index (χ2n) is 4.49. The van der Waals surface area contributed by atoms with E-state index in [-0.39, 0.29) is 12.5 Å². The Morgan fingerprint density at radius 3 is 2.65 bits per heavy atom. The van der Waals surface area contributed by atoms with Crippen molar-refractivity contribution in [3.8, 4) is 0 Å². The average molecular weight is 256 g/mol. The molecular formula is C13H18ClNO2. The number of benzene rings is 1. The number of carbonyl (C=O) groups is 1. The minimum absolute atomic E-state index is 0.0815. The zero-order valence-corrected chi connectivity index (χ0v) is 11.1. The van der Waals surface area contributed by atoms with Crippen molar-refractivity contribution in [1.82, 2.24) is 5.32 Å². The van der Waals surface area contributed by atoms with Gasteiger partial charge in [0.15, 0.2) is 0 Å². The number of aliphatic hydroxyl groups excluding tert-OH is 1. The summed E-state index contributed by atoms with van der Waals surface area (Å²) in [6.07, 6.45) is 0.669. The van der Waals surface area contributed by atoms with Crippen molar-refractivity contribution in [3.05, 3.63) is 34.3 Å². The molecule has 0 aliphatic rings. The van der Waals surface area contributed by atoms with Crippen LogP contribution in [-0.4, -0.2) is 23.2 Å². The molecule has 1 rings (SSSR count). The summed E-state index contributed by atoms with van der Waals surface area (Å²) in [5.41, 5.74) is 0.831. The van der Waals surface area contributed by atoms with E-state index in [0.717, 1.165) is 5.56 Å². The molecule has 1 atom stereocenters. The fraction of sp³-hybridized carbons (Fsp3) is 0.462. The van der Waals surface area contributed by atoms with E-state index < -0.39 is 5.54 Å². The van der Waals surface area contributed by atoms with Crippen molar-refractivity contribution >= 4 is 17.5 Å². The highest BCUT2D eigenvalue weighted by Crippen LogP contribution is 2.16. The molecule has 1 aromatic carbocycles. The van der Waals surface area contributed by atoms with Crippen molar-refractivity contribution in [2.24, 2.45) is 0 Å². The van der Waals surface area contributed by atoms with Gasteiger partial charge >= 0.3 is 0 Å². The summed E-state index contributed by atoms with van der Waals surface area (Å²) in [5, 5.41) is 12.7. The number of amides is 1. The number of hydrogen-bond donors (Lipinski definition) is 2. The molecule has 0 bridgehead atoms. The molecule has 17 heavy (non-hydrogen) atoms. The van der Waals surface area contributed by atoms with E-state index in [1.165, 1.54) is 0 Å². The fourth-order valence-electron chi connectivity index (χ4n) is 1.46. The largest absolute Gasteiger partial charge is 0.394 e. The summed E-state index contributed by atoms with van der Waals surface area (Å²) in [4.78, 5) is 12.0. The SMILES string of the molecule is CC[C@@](C)(CO)NC(=O)c1ccc(Cl)cc1C. The van der Waals surface area contributed by atoms with Crippen LogP contribution in [0.3, 0.4) is 0 Å². The number of aryl methyl sites for hydroxylation is 1. The van der Waals surface area contributed by atoms with Crippen LogP contribution >= 0.6 is 11.6 Å². The predicted octanol–water partition coefficient (Wildman–Crippen LogP) is 2.54. The second-order valence-corrected chi connectivity index (χ2v) is 4.92. The molecule has 0 heterocycles. The van der Waals surface area contributed by atoms with E-state index in [1.807, 2.05) is 20.8 Å². The third kappa shape index (κ3) is 3.45. The van der Waals surface area contributed by atoms with Crippen LogP contribution in [0.4, 0.5) is 0 Å². The maximum atomic E-state index is 12.0. The van der Waals surface area contributed by atoms with Gasteiger partial charge in [-0.25, -0.2) is 0 Å². The van der Waals surface area contributed by atoms with Crippen LogP contribution < -0.4 is 5.32 Å². The average Bonchev–Trinajstić information content (AvgIpc) is 2.28. The Morgan fingerprint density at radius 2 is 2.18 bits per heavy atom.